The van der Waals surface area contributed by atoms with Crippen molar-refractivity contribution >= 4 is 23.2 Å². The van der Waals surface area contributed by atoms with Crippen LogP contribution >= 0.6 is 0 Å². The molecular formula is C16H18N4O2. The van der Waals surface area contributed by atoms with E-state index >= 15 is 0 Å². The Morgan fingerprint density at radius 2 is 1.73 bits per heavy atom. The van der Waals surface area contributed by atoms with Gasteiger partial charge in [0.2, 0.25) is 11.8 Å². The van der Waals surface area contributed by atoms with E-state index in [0.717, 1.165) is 5.56 Å². The number of nitrogens with one attached hydrogen (secondary N) is 3. The van der Waals surface area contributed by atoms with Crippen LogP contribution in [-0.2, 0) is 16.1 Å². The third kappa shape index (κ3) is 5.34. The number of hydrogen-bond acceptors (Lipinski definition) is 4. The first kappa shape index (κ1) is 15.7. The molecule has 0 unspecified atom stereocenters. The Hall–Kier alpha value is -2.73. The molecule has 0 aliphatic heterocycles. The number of carbonyl (C=O) groups excluding carboxylic acids is 2. The number of pyridine rings is 1. The molecule has 0 fully saturated rings. The third-order valence-electron chi connectivity index (χ3n) is 2.83. The molecule has 0 spiro atoms. The van der Waals surface area contributed by atoms with Crippen LogP contribution in [0.5, 0.6) is 0 Å². The highest BCUT2D eigenvalue weighted by Crippen LogP contribution is 2.14. The largest absolute Gasteiger partial charge is 0.326 e. The van der Waals surface area contributed by atoms with E-state index in [2.05, 4.69) is 20.9 Å². The number of hydrogen-bond donors (Lipinski definition) is 3. The molecule has 2 rings (SSSR count). The van der Waals surface area contributed by atoms with Crippen LogP contribution in [0.1, 0.15) is 12.5 Å². The van der Waals surface area contributed by atoms with Crippen LogP contribution in [0, 0.1) is 0 Å². The topological polar surface area (TPSA) is 83.1 Å². The van der Waals surface area contributed by atoms with E-state index < -0.39 is 0 Å². The van der Waals surface area contributed by atoms with E-state index in [1.165, 1.54) is 6.92 Å². The summed E-state index contributed by atoms with van der Waals surface area (Å²) in [5.41, 5.74) is 2.35. The minimum absolute atomic E-state index is 0.144. The maximum Gasteiger partial charge on any atom is 0.238 e. The number of anilines is 2. The van der Waals surface area contributed by atoms with E-state index in [1.807, 2.05) is 12.1 Å². The van der Waals surface area contributed by atoms with Crippen molar-refractivity contribution in [3.63, 3.8) is 0 Å². The van der Waals surface area contributed by atoms with Gasteiger partial charge in [-0.25, -0.2) is 0 Å². The standard InChI is InChI=1S/C16H18N4O2/c1-12(21)19-14-3-2-4-15(9-14)20-16(22)11-18-10-13-5-7-17-8-6-13/h2-9,18H,10-11H2,1H3,(H,19,21)(H,20,22). The molecule has 3 N–H and O–H groups in total. The summed E-state index contributed by atoms with van der Waals surface area (Å²) in [6.45, 7) is 2.24. The summed E-state index contributed by atoms with van der Waals surface area (Å²) >= 11 is 0. The second kappa shape index (κ2) is 7.90. The van der Waals surface area contributed by atoms with Gasteiger partial charge in [0.05, 0.1) is 6.54 Å². The molecule has 0 aliphatic rings. The molecule has 0 bridgehead atoms. The zero-order chi connectivity index (χ0) is 15.8. The maximum atomic E-state index is 11.9. The Morgan fingerprint density at radius 3 is 2.41 bits per heavy atom. The van der Waals surface area contributed by atoms with Crippen LogP contribution in [-0.4, -0.2) is 23.3 Å². The first-order chi connectivity index (χ1) is 10.6. The summed E-state index contributed by atoms with van der Waals surface area (Å²) in [5, 5.41) is 8.51. The first-order valence-electron chi connectivity index (χ1n) is 6.90. The number of aromatic nitrogens is 1. The van der Waals surface area contributed by atoms with Crippen molar-refractivity contribution < 1.29 is 9.59 Å². The summed E-state index contributed by atoms with van der Waals surface area (Å²) in [6, 6.07) is 10.8. The number of carbonyl (C=O) groups is 2. The van der Waals surface area contributed by atoms with Crippen LogP contribution < -0.4 is 16.0 Å². The highest BCUT2D eigenvalue weighted by atomic mass is 16.2. The second-order valence-electron chi connectivity index (χ2n) is 4.77. The Kier molecular flexibility index (Phi) is 5.62. The van der Waals surface area contributed by atoms with Gasteiger partial charge in [0, 0.05) is 37.2 Å². The monoisotopic (exact) mass is 298 g/mol. The SMILES string of the molecule is CC(=O)Nc1cccc(NC(=O)CNCc2ccncc2)c1. The quantitative estimate of drug-likeness (QED) is 0.759. The van der Waals surface area contributed by atoms with Gasteiger partial charge < -0.3 is 16.0 Å². The molecule has 22 heavy (non-hydrogen) atoms. The predicted molar refractivity (Wildman–Crippen MR) is 85.3 cm³/mol. The molecule has 0 atom stereocenters. The number of rotatable bonds is 6. The van der Waals surface area contributed by atoms with E-state index in [4.69, 9.17) is 0 Å². The highest BCUT2D eigenvalue weighted by molar-refractivity contribution is 5.94. The lowest BCUT2D eigenvalue weighted by molar-refractivity contribution is -0.115. The van der Waals surface area contributed by atoms with E-state index in [0.29, 0.717) is 17.9 Å². The van der Waals surface area contributed by atoms with Crippen molar-refractivity contribution in [1.82, 2.24) is 10.3 Å². The fourth-order valence-electron chi connectivity index (χ4n) is 1.90. The van der Waals surface area contributed by atoms with Gasteiger partial charge in [-0.05, 0) is 35.9 Å². The molecular weight excluding hydrogens is 280 g/mol. The minimum Gasteiger partial charge on any atom is -0.326 e. The molecule has 2 aromatic rings. The van der Waals surface area contributed by atoms with Crippen LogP contribution in [0.3, 0.4) is 0 Å². The summed E-state index contributed by atoms with van der Waals surface area (Å²) in [6.07, 6.45) is 3.43. The minimum atomic E-state index is -0.150. The zero-order valence-corrected chi connectivity index (χ0v) is 12.3. The van der Waals surface area contributed by atoms with Crippen LogP contribution in [0.4, 0.5) is 11.4 Å². The molecule has 6 heteroatoms. The molecule has 6 nitrogen and oxygen atoms in total. The maximum absolute atomic E-state index is 11.9. The molecule has 0 saturated carbocycles. The number of nitrogens with zero attached hydrogens (tertiary/aromatic N) is 1. The van der Waals surface area contributed by atoms with E-state index in [-0.39, 0.29) is 18.4 Å². The number of amides is 2. The van der Waals surface area contributed by atoms with Crippen molar-refractivity contribution in [3.8, 4) is 0 Å². The van der Waals surface area contributed by atoms with Crippen molar-refractivity contribution in [3.05, 3.63) is 54.4 Å². The van der Waals surface area contributed by atoms with Gasteiger partial charge in [-0.15, -0.1) is 0 Å². The highest BCUT2D eigenvalue weighted by Gasteiger charge is 2.03. The van der Waals surface area contributed by atoms with Crippen molar-refractivity contribution in [1.29, 1.82) is 0 Å². The zero-order valence-electron chi connectivity index (χ0n) is 12.3. The van der Waals surface area contributed by atoms with Crippen molar-refractivity contribution in [2.24, 2.45) is 0 Å². The Morgan fingerprint density at radius 1 is 1.05 bits per heavy atom. The molecule has 1 heterocycles. The van der Waals surface area contributed by atoms with Crippen molar-refractivity contribution in [2.45, 2.75) is 13.5 Å². The van der Waals surface area contributed by atoms with E-state index in [1.54, 1.807) is 36.7 Å². The van der Waals surface area contributed by atoms with E-state index in [9.17, 15) is 9.59 Å². The average molecular weight is 298 g/mol. The second-order valence-corrected chi connectivity index (χ2v) is 4.77. The molecule has 0 radical (unpaired) electrons. The van der Waals surface area contributed by atoms with Gasteiger partial charge in [0.1, 0.15) is 0 Å². The van der Waals surface area contributed by atoms with Crippen LogP contribution in [0.2, 0.25) is 0 Å². The lowest BCUT2D eigenvalue weighted by Crippen LogP contribution is -2.27. The molecule has 0 saturated heterocycles. The summed E-state index contributed by atoms with van der Waals surface area (Å²) in [4.78, 5) is 26.8. The smallest absolute Gasteiger partial charge is 0.238 e. The van der Waals surface area contributed by atoms with Gasteiger partial charge in [0.15, 0.2) is 0 Å². The van der Waals surface area contributed by atoms with Gasteiger partial charge in [-0.1, -0.05) is 6.07 Å². The lowest BCUT2D eigenvalue weighted by Gasteiger charge is -2.08. The summed E-state index contributed by atoms with van der Waals surface area (Å²) in [7, 11) is 0. The molecule has 0 aliphatic carbocycles. The number of benzene rings is 1. The Balaban J connectivity index is 1.80. The normalized spacial score (nSPS) is 10.0. The fourth-order valence-corrected chi connectivity index (χ4v) is 1.90. The van der Waals surface area contributed by atoms with Gasteiger partial charge >= 0.3 is 0 Å². The van der Waals surface area contributed by atoms with Gasteiger partial charge in [-0.3, -0.25) is 14.6 Å². The van der Waals surface area contributed by atoms with Crippen LogP contribution in [0.15, 0.2) is 48.8 Å². The van der Waals surface area contributed by atoms with Gasteiger partial charge in [-0.2, -0.15) is 0 Å². The predicted octanol–water partition coefficient (Wildman–Crippen LogP) is 1.77. The molecule has 1 aromatic carbocycles. The first-order valence-corrected chi connectivity index (χ1v) is 6.90. The fraction of sp³-hybridized carbons (Fsp3) is 0.188. The lowest BCUT2D eigenvalue weighted by atomic mass is 10.2. The van der Waals surface area contributed by atoms with Crippen molar-refractivity contribution in [2.75, 3.05) is 17.2 Å². The molecule has 2 amide bonds. The molecule has 1 aromatic heterocycles. The Labute approximate surface area is 129 Å². The third-order valence-corrected chi connectivity index (χ3v) is 2.83. The summed E-state index contributed by atoms with van der Waals surface area (Å²) < 4.78 is 0. The average Bonchev–Trinajstić information content (AvgIpc) is 2.48. The molecule has 114 valence electrons. The summed E-state index contributed by atoms with van der Waals surface area (Å²) in [5.74, 6) is -0.295. The van der Waals surface area contributed by atoms with Gasteiger partial charge in [0.25, 0.3) is 0 Å². The Bertz CT molecular complexity index is 644. The van der Waals surface area contributed by atoms with Crippen LogP contribution in [0.25, 0.3) is 0 Å².